The Morgan fingerprint density at radius 2 is 1.73 bits per heavy atom. The van der Waals surface area contributed by atoms with Crippen molar-refractivity contribution in [3.63, 3.8) is 0 Å². The number of halogens is 1. The predicted octanol–water partition coefficient (Wildman–Crippen LogP) is 6.96. The van der Waals surface area contributed by atoms with E-state index in [9.17, 15) is 0 Å². The lowest BCUT2D eigenvalue weighted by Crippen LogP contribution is -2.07. The summed E-state index contributed by atoms with van der Waals surface area (Å²) in [5, 5.41) is 0. The van der Waals surface area contributed by atoms with Gasteiger partial charge in [-0.05, 0) is 46.9 Å². The van der Waals surface area contributed by atoms with E-state index in [-0.39, 0.29) is 4.75 Å². The summed E-state index contributed by atoms with van der Waals surface area (Å²) in [4.78, 5) is 1.28. The minimum Gasteiger partial charge on any atom is -0.120 e. The third kappa shape index (κ3) is 4.50. The van der Waals surface area contributed by atoms with Gasteiger partial charge in [-0.15, -0.1) is 11.8 Å². The number of thioether (sulfide) groups is 1. The van der Waals surface area contributed by atoms with E-state index in [0.717, 1.165) is 16.5 Å². The van der Waals surface area contributed by atoms with Crippen LogP contribution in [0, 0.1) is 0 Å². The van der Waals surface area contributed by atoms with Gasteiger partial charge in [-0.3, -0.25) is 0 Å². The van der Waals surface area contributed by atoms with Crippen LogP contribution in [0.1, 0.15) is 44.4 Å². The number of benzene rings is 2. The second-order valence-electron chi connectivity index (χ2n) is 6.38. The topological polar surface area (TPSA) is 0 Å². The van der Waals surface area contributed by atoms with Crippen LogP contribution in [0.4, 0.5) is 0 Å². The molecule has 0 amide bonds. The quantitative estimate of drug-likeness (QED) is 0.520. The first-order chi connectivity index (χ1) is 10.3. The average Bonchev–Trinajstić information content (AvgIpc) is 2.47. The molecule has 2 heteroatoms. The summed E-state index contributed by atoms with van der Waals surface area (Å²) >= 11 is 5.47. The smallest absolute Gasteiger partial charge is 0.0182 e. The highest BCUT2D eigenvalue weighted by Gasteiger charge is 2.17. The highest BCUT2D eigenvalue weighted by Crippen LogP contribution is 2.39. The number of aryl methyl sites for hydroxylation is 1. The molecular formula is C20H23BrS. The van der Waals surface area contributed by atoms with Crippen molar-refractivity contribution in [2.24, 2.45) is 0 Å². The van der Waals surface area contributed by atoms with E-state index in [2.05, 4.69) is 92.7 Å². The van der Waals surface area contributed by atoms with E-state index < -0.39 is 0 Å². The fourth-order valence-electron chi connectivity index (χ4n) is 2.25. The van der Waals surface area contributed by atoms with Crippen molar-refractivity contribution in [1.82, 2.24) is 0 Å². The second kappa shape index (κ2) is 7.06. The largest absolute Gasteiger partial charge is 0.120 e. The Morgan fingerprint density at radius 1 is 1.09 bits per heavy atom. The van der Waals surface area contributed by atoms with Crippen molar-refractivity contribution in [1.29, 1.82) is 0 Å². The maximum Gasteiger partial charge on any atom is 0.0182 e. The standard InChI is InChI=1S/C20H23BrS/c1-6-15-7-9-16(10-8-15)14(2)18-13-17(21)11-12-19(18)22-20(3,4)5/h7-13H,2,6H2,1,3-5H3. The summed E-state index contributed by atoms with van der Waals surface area (Å²) in [6.45, 7) is 13.2. The molecule has 2 aromatic rings. The highest BCUT2D eigenvalue weighted by molar-refractivity contribution is 9.10. The molecule has 0 aliphatic carbocycles. The van der Waals surface area contributed by atoms with Crippen LogP contribution in [0.25, 0.3) is 5.57 Å². The summed E-state index contributed by atoms with van der Waals surface area (Å²) < 4.78 is 1.27. The molecule has 0 aliphatic heterocycles. The van der Waals surface area contributed by atoms with Crippen molar-refractivity contribution in [2.45, 2.75) is 43.8 Å². The van der Waals surface area contributed by atoms with Crippen molar-refractivity contribution < 1.29 is 0 Å². The molecule has 0 nitrogen and oxygen atoms in total. The lowest BCUT2D eigenvalue weighted by molar-refractivity contribution is 0.802. The van der Waals surface area contributed by atoms with Gasteiger partial charge in [0.2, 0.25) is 0 Å². The molecule has 0 saturated heterocycles. The normalized spacial score (nSPS) is 11.5. The van der Waals surface area contributed by atoms with Gasteiger partial charge in [-0.2, -0.15) is 0 Å². The van der Waals surface area contributed by atoms with E-state index in [1.807, 2.05) is 11.8 Å². The van der Waals surface area contributed by atoms with E-state index >= 15 is 0 Å². The minimum atomic E-state index is 0.176. The number of rotatable bonds is 4. The molecule has 0 N–H and O–H groups in total. The van der Waals surface area contributed by atoms with Crippen LogP contribution in [0.15, 0.2) is 58.4 Å². The van der Waals surface area contributed by atoms with E-state index in [0.29, 0.717) is 0 Å². The SMILES string of the molecule is C=C(c1ccc(CC)cc1)c1cc(Br)ccc1SC(C)(C)C. The van der Waals surface area contributed by atoms with Gasteiger partial charge in [0.15, 0.2) is 0 Å². The molecular weight excluding hydrogens is 352 g/mol. The maximum atomic E-state index is 4.35. The second-order valence-corrected chi connectivity index (χ2v) is 9.17. The van der Waals surface area contributed by atoms with E-state index in [1.165, 1.54) is 21.6 Å². The number of hydrogen-bond acceptors (Lipinski definition) is 1. The molecule has 0 fully saturated rings. The minimum absolute atomic E-state index is 0.176. The Balaban J connectivity index is 2.40. The molecule has 0 heterocycles. The van der Waals surface area contributed by atoms with Gasteiger partial charge < -0.3 is 0 Å². The summed E-state index contributed by atoms with van der Waals surface area (Å²) in [5.74, 6) is 0. The molecule has 116 valence electrons. The first-order valence-corrected chi connectivity index (χ1v) is 9.18. The van der Waals surface area contributed by atoms with Crippen LogP contribution in [0.2, 0.25) is 0 Å². The molecule has 0 aliphatic rings. The fraction of sp³-hybridized carbons (Fsp3) is 0.300. The molecule has 0 unspecified atom stereocenters. The maximum absolute atomic E-state index is 4.35. The molecule has 0 radical (unpaired) electrons. The van der Waals surface area contributed by atoms with Crippen LogP contribution in [-0.2, 0) is 6.42 Å². The van der Waals surface area contributed by atoms with Gasteiger partial charge in [0.25, 0.3) is 0 Å². The zero-order valence-electron chi connectivity index (χ0n) is 13.7. The van der Waals surface area contributed by atoms with Crippen LogP contribution in [0.3, 0.4) is 0 Å². The Kier molecular flexibility index (Phi) is 5.57. The molecule has 0 atom stereocenters. The first kappa shape index (κ1) is 17.4. The molecule has 22 heavy (non-hydrogen) atoms. The van der Waals surface area contributed by atoms with Crippen molar-refractivity contribution in [3.8, 4) is 0 Å². The van der Waals surface area contributed by atoms with E-state index in [1.54, 1.807) is 0 Å². The third-order valence-corrected chi connectivity index (χ3v) is 5.08. The molecule has 0 aromatic heterocycles. The zero-order chi connectivity index (χ0) is 16.3. The summed E-state index contributed by atoms with van der Waals surface area (Å²) in [5.41, 5.74) is 4.83. The van der Waals surface area contributed by atoms with Crippen LogP contribution in [-0.4, -0.2) is 4.75 Å². The Labute approximate surface area is 147 Å². The van der Waals surface area contributed by atoms with Crippen molar-refractivity contribution >= 4 is 33.3 Å². The predicted molar refractivity (Wildman–Crippen MR) is 104 cm³/mol. The van der Waals surface area contributed by atoms with Gasteiger partial charge in [0.05, 0.1) is 0 Å². The van der Waals surface area contributed by atoms with E-state index in [4.69, 9.17) is 0 Å². The Hall–Kier alpha value is -0.990. The van der Waals surface area contributed by atoms with Gasteiger partial charge in [-0.25, -0.2) is 0 Å². The molecule has 2 rings (SSSR count). The van der Waals surface area contributed by atoms with Gasteiger partial charge in [0, 0.05) is 14.1 Å². The van der Waals surface area contributed by atoms with Gasteiger partial charge in [0.1, 0.15) is 0 Å². The molecule has 0 spiro atoms. The van der Waals surface area contributed by atoms with Crippen LogP contribution in [0.5, 0.6) is 0 Å². The first-order valence-electron chi connectivity index (χ1n) is 7.57. The van der Waals surface area contributed by atoms with Gasteiger partial charge in [-0.1, -0.05) is 74.5 Å². The summed E-state index contributed by atoms with van der Waals surface area (Å²) in [7, 11) is 0. The third-order valence-electron chi connectivity index (χ3n) is 3.39. The van der Waals surface area contributed by atoms with Crippen molar-refractivity contribution in [3.05, 3.63) is 70.2 Å². The Bertz CT molecular complexity index is 663. The average molecular weight is 375 g/mol. The lowest BCUT2D eigenvalue weighted by atomic mass is 9.98. The summed E-state index contributed by atoms with van der Waals surface area (Å²) in [6.07, 6.45) is 1.06. The monoisotopic (exact) mass is 374 g/mol. The molecule has 0 bridgehead atoms. The summed E-state index contributed by atoms with van der Waals surface area (Å²) in [6, 6.07) is 15.2. The van der Waals surface area contributed by atoms with Gasteiger partial charge >= 0.3 is 0 Å². The Morgan fingerprint density at radius 3 is 2.27 bits per heavy atom. The zero-order valence-corrected chi connectivity index (χ0v) is 16.1. The highest BCUT2D eigenvalue weighted by atomic mass is 79.9. The lowest BCUT2D eigenvalue weighted by Gasteiger charge is -2.21. The molecule has 2 aromatic carbocycles. The van der Waals surface area contributed by atoms with Crippen LogP contribution < -0.4 is 0 Å². The molecule has 0 saturated carbocycles. The van der Waals surface area contributed by atoms with Crippen LogP contribution >= 0.6 is 27.7 Å². The fourth-order valence-corrected chi connectivity index (χ4v) is 3.70. The number of hydrogen-bond donors (Lipinski definition) is 0. The van der Waals surface area contributed by atoms with Crippen molar-refractivity contribution in [2.75, 3.05) is 0 Å².